The van der Waals surface area contributed by atoms with Gasteiger partial charge in [0.2, 0.25) is 0 Å². The zero-order valence-electron chi connectivity index (χ0n) is 15.5. The maximum absolute atomic E-state index is 12.4. The number of carbonyl (C=O) groups excluding carboxylic acids is 2. The third-order valence-corrected chi connectivity index (χ3v) is 4.45. The van der Waals surface area contributed by atoms with E-state index in [-0.39, 0.29) is 22.5 Å². The van der Waals surface area contributed by atoms with E-state index >= 15 is 0 Å². The van der Waals surface area contributed by atoms with Gasteiger partial charge in [-0.3, -0.25) is 30.0 Å². The van der Waals surface area contributed by atoms with Crippen molar-refractivity contribution >= 4 is 29.0 Å². The number of nitro groups is 2. The van der Waals surface area contributed by atoms with Crippen LogP contribution in [-0.2, 0) is 19.1 Å². The fourth-order valence-corrected chi connectivity index (χ4v) is 3.25. The Morgan fingerprint density at radius 1 is 1.07 bits per heavy atom. The zero-order valence-corrected chi connectivity index (χ0v) is 15.5. The summed E-state index contributed by atoms with van der Waals surface area (Å²) in [7, 11) is 2.27. The Labute approximate surface area is 159 Å². The Balaban J connectivity index is 2.84. The first-order chi connectivity index (χ1) is 13.1. The molecule has 11 heteroatoms. The number of esters is 2. The molecule has 1 aliphatic heterocycles. The topological polar surface area (TPSA) is 151 Å². The van der Waals surface area contributed by atoms with Gasteiger partial charge in [-0.2, -0.15) is 0 Å². The third-order valence-electron chi connectivity index (χ3n) is 4.45. The lowest BCUT2D eigenvalue weighted by Crippen LogP contribution is -2.36. The van der Waals surface area contributed by atoms with Crippen molar-refractivity contribution in [3.05, 3.63) is 55.3 Å². The van der Waals surface area contributed by atoms with Crippen LogP contribution in [0.3, 0.4) is 0 Å². The second-order valence-corrected chi connectivity index (χ2v) is 5.98. The van der Waals surface area contributed by atoms with Crippen LogP contribution in [0, 0.1) is 26.1 Å². The standard InChI is InChI=1S/C17H17N3O8/c1-8-13(16(21)27-3)15(14(9(2)18-8)17(22)28-4)11-6-5-10(19(23)24)7-12(11)20(25)26/h5-7,13,15H,1-4H3. The first-order valence-electron chi connectivity index (χ1n) is 7.98. The molecule has 2 unspecified atom stereocenters. The van der Waals surface area contributed by atoms with Gasteiger partial charge in [-0.25, -0.2) is 4.79 Å². The molecule has 1 aromatic rings. The minimum atomic E-state index is -1.15. The SMILES string of the molecule is COC(=O)C1=C(C)N=C(C)C(C(=O)OC)C1c1ccc([N+](=O)[O-])cc1[N+](=O)[O-]. The molecule has 0 radical (unpaired) electrons. The number of carbonyl (C=O) groups is 2. The van der Waals surface area contributed by atoms with E-state index in [1.54, 1.807) is 0 Å². The van der Waals surface area contributed by atoms with Gasteiger partial charge in [0.1, 0.15) is 5.92 Å². The van der Waals surface area contributed by atoms with Crippen LogP contribution < -0.4 is 0 Å². The van der Waals surface area contributed by atoms with Crippen LogP contribution in [0.25, 0.3) is 0 Å². The van der Waals surface area contributed by atoms with Crippen molar-refractivity contribution in [1.82, 2.24) is 0 Å². The van der Waals surface area contributed by atoms with Crippen molar-refractivity contribution in [2.24, 2.45) is 10.9 Å². The Kier molecular flexibility index (Phi) is 5.87. The second kappa shape index (κ2) is 7.94. The molecular weight excluding hydrogens is 374 g/mol. The van der Waals surface area contributed by atoms with Gasteiger partial charge in [-0.05, 0) is 19.9 Å². The first-order valence-corrected chi connectivity index (χ1v) is 7.98. The van der Waals surface area contributed by atoms with Crippen molar-refractivity contribution in [3.63, 3.8) is 0 Å². The molecule has 0 bridgehead atoms. The van der Waals surface area contributed by atoms with Gasteiger partial charge >= 0.3 is 11.9 Å². The summed E-state index contributed by atoms with van der Waals surface area (Å²) in [5.41, 5.74) is -0.694. The van der Waals surface area contributed by atoms with Gasteiger partial charge in [-0.1, -0.05) is 0 Å². The summed E-state index contributed by atoms with van der Waals surface area (Å²) in [5.74, 6) is -3.87. The van der Waals surface area contributed by atoms with Crippen molar-refractivity contribution in [2.75, 3.05) is 14.2 Å². The van der Waals surface area contributed by atoms with Gasteiger partial charge in [-0.15, -0.1) is 0 Å². The van der Waals surface area contributed by atoms with Crippen LogP contribution in [0.2, 0.25) is 0 Å². The number of non-ortho nitro benzene ring substituents is 1. The largest absolute Gasteiger partial charge is 0.468 e. The van der Waals surface area contributed by atoms with Crippen molar-refractivity contribution in [1.29, 1.82) is 0 Å². The monoisotopic (exact) mass is 391 g/mol. The maximum Gasteiger partial charge on any atom is 0.336 e. The van der Waals surface area contributed by atoms with Crippen LogP contribution in [0.4, 0.5) is 11.4 Å². The molecule has 0 fully saturated rings. The summed E-state index contributed by atoms with van der Waals surface area (Å²) < 4.78 is 9.57. The number of benzene rings is 1. The molecule has 0 spiro atoms. The van der Waals surface area contributed by atoms with Crippen molar-refractivity contribution in [3.8, 4) is 0 Å². The Hall–Kier alpha value is -3.63. The molecule has 1 heterocycles. The van der Waals surface area contributed by atoms with Gasteiger partial charge in [0.15, 0.2) is 0 Å². The number of hydrogen-bond donors (Lipinski definition) is 0. The molecule has 2 atom stereocenters. The Morgan fingerprint density at radius 2 is 1.71 bits per heavy atom. The van der Waals surface area contributed by atoms with E-state index in [9.17, 15) is 29.8 Å². The van der Waals surface area contributed by atoms with Crippen LogP contribution in [0.15, 0.2) is 34.5 Å². The molecule has 1 aromatic carbocycles. The lowest BCUT2D eigenvalue weighted by Gasteiger charge is -2.30. The van der Waals surface area contributed by atoms with Crippen molar-refractivity contribution in [2.45, 2.75) is 19.8 Å². The van der Waals surface area contributed by atoms with Gasteiger partial charge in [0, 0.05) is 29.0 Å². The molecule has 0 N–H and O–H groups in total. The average Bonchev–Trinajstić information content (AvgIpc) is 2.65. The summed E-state index contributed by atoms with van der Waals surface area (Å²) in [5, 5.41) is 22.6. The van der Waals surface area contributed by atoms with E-state index in [1.165, 1.54) is 13.8 Å². The fourth-order valence-electron chi connectivity index (χ4n) is 3.25. The van der Waals surface area contributed by atoms with Crippen molar-refractivity contribution < 1.29 is 28.9 Å². The van der Waals surface area contributed by atoms with E-state index in [2.05, 4.69) is 4.99 Å². The van der Waals surface area contributed by atoms with Gasteiger partial charge < -0.3 is 9.47 Å². The molecule has 0 amide bonds. The molecular formula is C17H17N3O8. The Bertz CT molecular complexity index is 934. The number of allylic oxidation sites excluding steroid dienone is 1. The molecule has 0 aliphatic carbocycles. The summed E-state index contributed by atoms with van der Waals surface area (Å²) in [4.78, 5) is 50.1. The van der Waals surface area contributed by atoms with E-state index < -0.39 is 45.0 Å². The fraction of sp³-hybridized carbons (Fsp3) is 0.353. The smallest absolute Gasteiger partial charge is 0.336 e. The number of methoxy groups -OCH3 is 2. The Morgan fingerprint density at radius 3 is 2.21 bits per heavy atom. The predicted octanol–water partition coefficient (Wildman–Crippen LogP) is 2.30. The lowest BCUT2D eigenvalue weighted by molar-refractivity contribution is -0.394. The highest BCUT2D eigenvalue weighted by atomic mass is 16.6. The molecule has 2 rings (SSSR count). The molecule has 28 heavy (non-hydrogen) atoms. The number of nitrogens with zero attached hydrogens (tertiary/aromatic N) is 3. The highest BCUT2D eigenvalue weighted by Crippen LogP contribution is 2.44. The minimum absolute atomic E-state index is 0.0551. The number of hydrogen-bond acceptors (Lipinski definition) is 9. The highest BCUT2D eigenvalue weighted by molar-refractivity contribution is 6.07. The quantitative estimate of drug-likeness (QED) is 0.421. The third kappa shape index (κ3) is 3.59. The molecule has 148 valence electrons. The summed E-state index contributed by atoms with van der Waals surface area (Å²) in [6.07, 6.45) is 0. The second-order valence-electron chi connectivity index (χ2n) is 5.98. The van der Waals surface area contributed by atoms with Gasteiger partial charge in [0.05, 0.1) is 35.7 Å². The van der Waals surface area contributed by atoms with Crippen LogP contribution in [0.1, 0.15) is 25.3 Å². The summed E-state index contributed by atoms with van der Waals surface area (Å²) in [6, 6.07) is 3.02. The molecule has 0 aromatic heterocycles. The zero-order chi connectivity index (χ0) is 21.2. The number of rotatable bonds is 5. The average molecular weight is 391 g/mol. The van der Waals surface area contributed by atoms with E-state index in [0.29, 0.717) is 0 Å². The molecule has 1 aliphatic rings. The van der Waals surface area contributed by atoms with Crippen LogP contribution in [-0.4, -0.2) is 41.7 Å². The normalized spacial score (nSPS) is 18.9. The molecule has 0 saturated heterocycles. The summed E-state index contributed by atoms with van der Waals surface area (Å²) >= 11 is 0. The molecule has 0 saturated carbocycles. The maximum atomic E-state index is 12.4. The highest BCUT2D eigenvalue weighted by Gasteiger charge is 2.45. The lowest BCUT2D eigenvalue weighted by atomic mass is 9.75. The van der Waals surface area contributed by atoms with E-state index in [1.807, 2.05) is 0 Å². The van der Waals surface area contributed by atoms with Crippen LogP contribution >= 0.6 is 0 Å². The number of aliphatic imine (C=N–C) groups is 1. The number of nitro benzene ring substituents is 2. The van der Waals surface area contributed by atoms with E-state index in [4.69, 9.17) is 9.47 Å². The predicted molar refractivity (Wildman–Crippen MR) is 95.8 cm³/mol. The summed E-state index contributed by atoms with van der Waals surface area (Å²) in [6.45, 7) is 3.04. The number of ether oxygens (including phenoxy) is 2. The minimum Gasteiger partial charge on any atom is -0.468 e. The van der Waals surface area contributed by atoms with Crippen LogP contribution in [0.5, 0.6) is 0 Å². The van der Waals surface area contributed by atoms with E-state index in [0.717, 1.165) is 32.4 Å². The van der Waals surface area contributed by atoms with Gasteiger partial charge in [0.25, 0.3) is 11.4 Å². The first kappa shape index (κ1) is 20.7. The molecule has 11 nitrogen and oxygen atoms in total.